The molecule has 3 aromatic carbocycles. The summed E-state index contributed by atoms with van der Waals surface area (Å²) in [6.07, 6.45) is 1.45. The number of amides is 1. The molecule has 7 heteroatoms. The molecule has 0 aliphatic rings. The Labute approximate surface area is 185 Å². The number of esters is 1. The van der Waals surface area contributed by atoms with Gasteiger partial charge in [-0.15, -0.1) is 0 Å². The number of hydrogen-bond acceptors (Lipinski definition) is 5. The van der Waals surface area contributed by atoms with Gasteiger partial charge in [0.05, 0.1) is 16.8 Å². The number of nitrogens with zero attached hydrogens (tertiary/aromatic N) is 1. The molecule has 0 fully saturated rings. The minimum atomic E-state index is -0.559. The summed E-state index contributed by atoms with van der Waals surface area (Å²) in [5.41, 5.74) is 5.32. The molecule has 0 spiro atoms. The fourth-order valence-electron chi connectivity index (χ4n) is 2.66. The van der Waals surface area contributed by atoms with Crippen LogP contribution in [0.1, 0.15) is 27.0 Å². The lowest BCUT2D eigenvalue weighted by atomic mass is 10.1. The molecule has 3 aromatic rings. The summed E-state index contributed by atoms with van der Waals surface area (Å²) in [4.78, 5) is 24.2. The van der Waals surface area contributed by atoms with E-state index in [0.29, 0.717) is 22.1 Å². The lowest BCUT2D eigenvalue weighted by molar-refractivity contribution is -0.123. The molecular weight excluding hydrogens is 416 g/mol. The standard InChI is InChI=1S/C24H21ClN2O4/c1-16-10-11-17(2)22(12-16)30-15-23(28)27-26-14-18-6-5-7-19(13-18)31-24(29)20-8-3-4-9-21(20)25/h3-14H,15H2,1-2H3,(H,27,28)/b26-14+. The number of nitrogens with one attached hydrogen (secondary N) is 1. The Balaban J connectivity index is 1.54. The van der Waals surface area contributed by atoms with Crippen LogP contribution in [0.25, 0.3) is 0 Å². The van der Waals surface area contributed by atoms with E-state index in [1.165, 1.54) is 6.21 Å². The van der Waals surface area contributed by atoms with E-state index in [2.05, 4.69) is 10.5 Å². The van der Waals surface area contributed by atoms with Gasteiger partial charge in [-0.3, -0.25) is 4.79 Å². The van der Waals surface area contributed by atoms with Crippen LogP contribution in [0.3, 0.4) is 0 Å². The number of aryl methyl sites for hydroxylation is 2. The van der Waals surface area contributed by atoms with Crippen molar-refractivity contribution in [2.45, 2.75) is 13.8 Å². The molecule has 0 bridgehead atoms. The highest BCUT2D eigenvalue weighted by Crippen LogP contribution is 2.20. The second-order valence-corrected chi connectivity index (χ2v) is 7.20. The number of rotatable bonds is 7. The van der Waals surface area contributed by atoms with E-state index in [1.807, 2.05) is 32.0 Å². The predicted molar refractivity (Wildman–Crippen MR) is 120 cm³/mol. The van der Waals surface area contributed by atoms with Gasteiger partial charge < -0.3 is 9.47 Å². The molecule has 1 N–H and O–H groups in total. The van der Waals surface area contributed by atoms with Gasteiger partial charge in [0.15, 0.2) is 6.61 Å². The maximum absolute atomic E-state index is 12.3. The van der Waals surface area contributed by atoms with E-state index < -0.39 is 11.9 Å². The first-order chi connectivity index (χ1) is 14.9. The molecule has 31 heavy (non-hydrogen) atoms. The topological polar surface area (TPSA) is 77.0 Å². The summed E-state index contributed by atoms with van der Waals surface area (Å²) in [7, 11) is 0. The minimum Gasteiger partial charge on any atom is -0.483 e. The lowest BCUT2D eigenvalue weighted by Crippen LogP contribution is -2.24. The van der Waals surface area contributed by atoms with Gasteiger partial charge in [-0.05, 0) is 60.9 Å². The first kappa shape index (κ1) is 22.1. The first-order valence-corrected chi connectivity index (χ1v) is 9.89. The summed E-state index contributed by atoms with van der Waals surface area (Å²) in [6, 6.07) is 19.2. The fraction of sp³-hybridized carbons (Fsp3) is 0.125. The quantitative estimate of drug-likeness (QED) is 0.252. The number of halogens is 1. The van der Waals surface area contributed by atoms with Crippen LogP contribution in [0.4, 0.5) is 0 Å². The zero-order valence-electron chi connectivity index (χ0n) is 17.1. The van der Waals surface area contributed by atoms with Gasteiger partial charge in [-0.1, -0.05) is 48.0 Å². The molecule has 0 aliphatic heterocycles. The number of benzene rings is 3. The Morgan fingerprint density at radius 3 is 2.65 bits per heavy atom. The Hall–Kier alpha value is -3.64. The van der Waals surface area contributed by atoms with Gasteiger partial charge in [-0.2, -0.15) is 5.10 Å². The van der Waals surface area contributed by atoms with Crippen LogP contribution in [0.5, 0.6) is 11.5 Å². The van der Waals surface area contributed by atoms with Crippen LogP contribution < -0.4 is 14.9 Å². The molecule has 0 atom stereocenters. The van der Waals surface area contributed by atoms with Crippen molar-refractivity contribution in [2.24, 2.45) is 5.10 Å². The van der Waals surface area contributed by atoms with Crippen LogP contribution in [0, 0.1) is 13.8 Å². The summed E-state index contributed by atoms with van der Waals surface area (Å²) in [5, 5.41) is 4.24. The molecule has 0 unspecified atom stereocenters. The normalized spacial score (nSPS) is 10.7. The summed E-state index contributed by atoms with van der Waals surface area (Å²) >= 11 is 6.02. The number of carbonyl (C=O) groups excluding carboxylic acids is 2. The number of hydrazone groups is 1. The Morgan fingerprint density at radius 2 is 1.84 bits per heavy atom. The van der Waals surface area contributed by atoms with Crippen LogP contribution in [0.15, 0.2) is 71.8 Å². The molecule has 3 rings (SSSR count). The van der Waals surface area contributed by atoms with Crippen LogP contribution in [-0.4, -0.2) is 24.7 Å². The third kappa shape index (κ3) is 6.42. The highest BCUT2D eigenvalue weighted by atomic mass is 35.5. The monoisotopic (exact) mass is 436 g/mol. The van der Waals surface area contributed by atoms with E-state index >= 15 is 0 Å². The second-order valence-electron chi connectivity index (χ2n) is 6.79. The molecule has 1 amide bonds. The van der Waals surface area contributed by atoms with Gasteiger partial charge in [0, 0.05) is 0 Å². The Bertz CT molecular complexity index is 1130. The Kier molecular flexibility index (Phi) is 7.40. The summed E-state index contributed by atoms with van der Waals surface area (Å²) < 4.78 is 10.9. The molecule has 0 saturated heterocycles. The molecule has 0 radical (unpaired) electrons. The summed E-state index contributed by atoms with van der Waals surface area (Å²) in [6.45, 7) is 3.71. The number of carbonyl (C=O) groups is 2. The van der Waals surface area contributed by atoms with Gasteiger partial charge >= 0.3 is 5.97 Å². The third-order valence-electron chi connectivity index (χ3n) is 4.27. The third-order valence-corrected chi connectivity index (χ3v) is 4.60. The van der Waals surface area contributed by atoms with Crippen molar-refractivity contribution >= 4 is 29.7 Å². The molecule has 0 saturated carbocycles. The second kappa shape index (κ2) is 10.4. The van der Waals surface area contributed by atoms with E-state index in [4.69, 9.17) is 21.1 Å². The average Bonchev–Trinajstić information content (AvgIpc) is 2.75. The van der Waals surface area contributed by atoms with Crippen LogP contribution in [0.2, 0.25) is 5.02 Å². The van der Waals surface area contributed by atoms with Gasteiger partial charge in [-0.25, -0.2) is 10.2 Å². The molecular formula is C24H21ClN2O4. The molecule has 6 nitrogen and oxygen atoms in total. The SMILES string of the molecule is Cc1ccc(C)c(OCC(=O)N/N=C/c2cccc(OC(=O)c3ccccc3Cl)c2)c1. The lowest BCUT2D eigenvalue weighted by Gasteiger charge is -2.09. The van der Waals surface area contributed by atoms with Crippen molar-refractivity contribution in [3.05, 3.63) is 94.0 Å². The first-order valence-electron chi connectivity index (χ1n) is 9.51. The zero-order valence-corrected chi connectivity index (χ0v) is 17.8. The summed E-state index contributed by atoms with van der Waals surface area (Å²) in [5.74, 6) is 0.0423. The maximum Gasteiger partial charge on any atom is 0.345 e. The van der Waals surface area contributed by atoms with Crippen molar-refractivity contribution < 1.29 is 19.1 Å². The van der Waals surface area contributed by atoms with Crippen molar-refractivity contribution in [1.82, 2.24) is 5.43 Å². The van der Waals surface area contributed by atoms with Crippen molar-refractivity contribution in [3.63, 3.8) is 0 Å². The zero-order chi connectivity index (χ0) is 22.2. The minimum absolute atomic E-state index is 0.156. The average molecular weight is 437 g/mol. The van der Waals surface area contributed by atoms with E-state index in [0.717, 1.165) is 11.1 Å². The van der Waals surface area contributed by atoms with Crippen molar-refractivity contribution in [1.29, 1.82) is 0 Å². The molecule has 0 aliphatic carbocycles. The van der Waals surface area contributed by atoms with Crippen LogP contribution in [-0.2, 0) is 4.79 Å². The highest BCUT2D eigenvalue weighted by molar-refractivity contribution is 6.33. The number of hydrogen-bond donors (Lipinski definition) is 1. The largest absolute Gasteiger partial charge is 0.483 e. The molecule has 0 heterocycles. The predicted octanol–water partition coefficient (Wildman–Crippen LogP) is 4.71. The van der Waals surface area contributed by atoms with Gasteiger partial charge in [0.1, 0.15) is 11.5 Å². The maximum atomic E-state index is 12.3. The van der Waals surface area contributed by atoms with Gasteiger partial charge in [0.2, 0.25) is 0 Å². The number of ether oxygens (including phenoxy) is 2. The van der Waals surface area contributed by atoms with Gasteiger partial charge in [0.25, 0.3) is 5.91 Å². The molecule has 158 valence electrons. The van der Waals surface area contributed by atoms with Crippen LogP contribution >= 0.6 is 11.6 Å². The highest BCUT2D eigenvalue weighted by Gasteiger charge is 2.12. The van der Waals surface area contributed by atoms with Crippen molar-refractivity contribution in [3.8, 4) is 11.5 Å². The smallest absolute Gasteiger partial charge is 0.345 e. The fourth-order valence-corrected chi connectivity index (χ4v) is 2.88. The van der Waals surface area contributed by atoms with E-state index in [-0.39, 0.29) is 12.2 Å². The Morgan fingerprint density at radius 1 is 1.03 bits per heavy atom. The van der Waals surface area contributed by atoms with E-state index in [9.17, 15) is 9.59 Å². The van der Waals surface area contributed by atoms with E-state index in [1.54, 1.807) is 48.5 Å². The van der Waals surface area contributed by atoms with Crippen molar-refractivity contribution in [2.75, 3.05) is 6.61 Å². The molecule has 0 aromatic heterocycles.